The van der Waals surface area contributed by atoms with Crippen molar-refractivity contribution in [3.05, 3.63) is 59.7 Å². The van der Waals surface area contributed by atoms with Crippen LogP contribution in [-0.2, 0) is 17.6 Å². The number of aliphatic hydroxyl groups is 2. The molecule has 0 radical (unpaired) electrons. The molecule has 126 valence electrons. The highest BCUT2D eigenvalue weighted by molar-refractivity contribution is 5.44. The molecular weight excluding hydrogens is 308 g/mol. The summed E-state index contributed by atoms with van der Waals surface area (Å²) in [6.07, 6.45) is -0.238. The molecule has 3 atom stereocenters. The second-order valence-corrected chi connectivity index (χ2v) is 6.43. The molecule has 2 aromatic carbocycles. The van der Waals surface area contributed by atoms with E-state index in [0.29, 0.717) is 19.4 Å². The van der Waals surface area contributed by atoms with Gasteiger partial charge >= 0.3 is 0 Å². The van der Waals surface area contributed by atoms with Crippen LogP contribution in [0.25, 0.3) is 0 Å². The Hall–Kier alpha value is -2.08. The van der Waals surface area contributed by atoms with Crippen molar-refractivity contribution in [3.8, 4) is 11.5 Å². The lowest BCUT2D eigenvalue weighted by atomic mass is 9.80. The first-order valence-electron chi connectivity index (χ1n) is 8.10. The molecule has 2 aliphatic rings. The minimum Gasteiger partial charge on any atom is -0.454 e. The number of hydrogen-bond donors (Lipinski definition) is 2. The van der Waals surface area contributed by atoms with E-state index in [1.165, 1.54) is 0 Å². The van der Waals surface area contributed by atoms with E-state index in [1.54, 1.807) is 0 Å². The molecule has 3 unspecified atom stereocenters. The SMILES string of the molecule is OC1OCC(Cc2ccc3c(c2)OCO3)C1(O)Cc1ccccc1. The maximum atomic E-state index is 11.1. The summed E-state index contributed by atoms with van der Waals surface area (Å²) < 4.78 is 16.1. The molecule has 5 heteroatoms. The zero-order valence-electron chi connectivity index (χ0n) is 13.2. The van der Waals surface area contributed by atoms with E-state index in [9.17, 15) is 10.2 Å². The van der Waals surface area contributed by atoms with Crippen molar-refractivity contribution in [3.63, 3.8) is 0 Å². The van der Waals surface area contributed by atoms with Crippen molar-refractivity contribution in [1.82, 2.24) is 0 Å². The van der Waals surface area contributed by atoms with Crippen LogP contribution in [-0.4, -0.2) is 35.5 Å². The fourth-order valence-electron chi connectivity index (χ4n) is 3.44. The van der Waals surface area contributed by atoms with Gasteiger partial charge in [0.2, 0.25) is 6.79 Å². The third-order valence-electron chi connectivity index (χ3n) is 4.84. The normalized spacial score (nSPS) is 28.2. The largest absolute Gasteiger partial charge is 0.454 e. The third kappa shape index (κ3) is 2.75. The zero-order valence-corrected chi connectivity index (χ0v) is 13.2. The molecule has 0 spiro atoms. The molecule has 24 heavy (non-hydrogen) atoms. The lowest BCUT2D eigenvalue weighted by molar-refractivity contribution is -0.163. The number of aliphatic hydroxyl groups excluding tert-OH is 1. The monoisotopic (exact) mass is 328 g/mol. The fraction of sp³-hybridized carbons (Fsp3) is 0.368. The molecule has 5 nitrogen and oxygen atoms in total. The third-order valence-corrected chi connectivity index (χ3v) is 4.84. The van der Waals surface area contributed by atoms with Crippen LogP contribution >= 0.6 is 0 Å². The van der Waals surface area contributed by atoms with E-state index >= 15 is 0 Å². The van der Waals surface area contributed by atoms with Crippen molar-refractivity contribution in [2.75, 3.05) is 13.4 Å². The Bertz CT molecular complexity index is 717. The summed E-state index contributed by atoms with van der Waals surface area (Å²) in [4.78, 5) is 0. The minimum absolute atomic E-state index is 0.201. The van der Waals surface area contributed by atoms with Crippen molar-refractivity contribution in [1.29, 1.82) is 0 Å². The molecule has 0 aliphatic carbocycles. The minimum atomic E-state index is -1.31. The van der Waals surface area contributed by atoms with Gasteiger partial charge in [-0.2, -0.15) is 0 Å². The van der Waals surface area contributed by atoms with Gasteiger partial charge < -0.3 is 24.4 Å². The first-order valence-corrected chi connectivity index (χ1v) is 8.10. The van der Waals surface area contributed by atoms with Gasteiger partial charge in [-0.05, 0) is 29.7 Å². The van der Waals surface area contributed by atoms with E-state index in [2.05, 4.69) is 0 Å². The van der Waals surface area contributed by atoms with Gasteiger partial charge in [0.1, 0.15) is 5.60 Å². The lowest BCUT2D eigenvalue weighted by Gasteiger charge is -2.31. The average molecular weight is 328 g/mol. The zero-order chi connectivity index (χ0) is 16.6. The molecule has 1 fully saturated rings. The molecule has 0 amide bonds. The number of fused-ring (bicyclic) bond motifs is 1. The van der Waals surface area contributed by atoms with Crippen molar-refractivity contribution >= 4 is 0 Å². The van der Waals surface area contributed by atoms with Gasteiger partial charge in [-0.15, -0.1) is 0 Å². The quantitative estimate of drug-likeness (QED) is 0.897. The van der Waals surface area contributed by atoms with Gasteiger partial charge in [-0.1, -0.05) is 36.4 Å². The summed E-state index contributed by atoms with van der Waals surface area (Å²) in [6.45, 7) is 0.556. The Morgan fingerprint density at radius 2 is 1.79 bits per heavy atom. The first kappa shape index (κ1) is 15.4. The predicted octanol–water partition coefficient (Wildman–Crippen LogP) is 1.90. The summed E-state index contributed by atoms with van der Waals surface area (Å²) in [5.41, 5.74) is 0.686. The molecule has 0 saturated carbocycles. The van der Waals surface area contributed by atoms with Crippen LogP contribution < -0.4 is 9.47 Å². The van der Waals surface area contributed by atoms with Gasteiger partial charge in [0.05, 0.1) is 6.61 Å². The van der Waals surface area contributed by atoms with E-state index in [-0.39, 0.29) is 12.7 Å². The van der Waals surface area contributed by atoms with E-state index < -0.39 is 11.9 Å². The molecule has 0 bridgehead atoms. The highest BCUT2D eigenvalue weighted by Crippen LogP contribution is 2.38. The Balaban J connectivity index is 1.55. The van der Waals surface area contributed by atoms with Crippen LogP contribution in [0.4, 0.5) is 0 Å². The Labute approximate surface area is 140 Å². The molecule has 2 aromatic rings. The van der Waals surface area contributed by atoms with Gasteiger partial charge in [0.25, 0.3) is 0 Å². The molecule has 2 N–H and O–H groups in total. The fourth-order valence-corrected chi connectivity index (χ4v) is 3.44. The standard InChI is InChI=1S/C19H20O5/c20-18-19(21,10-13-4-2-1-3-5-13)15(11-22-18)8-14-6-7-16-17(9-14)24-12-23-16/h1-7,9,15,18,20-21H,8,10-12H2. The highest BCUT2D eigenvalue weighted by atomic mass is 16.7. The van der Waals surface area contributed by atoms with E-state index in [0.717, 1.165) is 22.6 Å². The second kappa shape index (κ2) is 6.09. The second-order valence-electron chi connectivity index (χ2n) is 6.43. The van der Waals surface area contributed by atoms with Gasteiger partial charge in [-0.25, -0.2) is 0 Å². The summed E-state index contributed by atoms with van der Waals surface area (Å²) in [5, 5.41) is 21.3. The molecule has 2 aliphatic heterocycles. The van der Waals surface area contributed by atoms with Crippen molar-refractivity contribution in [2.45, 2.75) is 24.7 Å². The topological polar surface area (TPSA) is 68.2 Å². The van der Waals surface area contributed by atoms with Crippen LogP contribution in [0.5, 0.6) is 11.5 Å². The predicted molar refractivity (Wildman–Crippen MR) is 86.8 cm³/mol. The van der Waals surface area contributed by atoms with E-state index in [4.69, 9.17) is 14.2 Å². The molecular formula is C19H20O5. The molecule has 2 heterocycles. The summed E-state index contributed by atoms with van der Waals surface area (Å²) in [6, 6.07) is 15.4. The first-order chi connectivity index (χ1) is 11.6. The summed E-state index contributed by atoms with van der Waals surface area (Å²) in [5.74, 6) is 1.26. The van der Waals surface area contributed by atoms with Gasteiger partial charge in [0, 0.05) is 12.3 Å². The molecule has 4 rings (SSSR count). The Morgan fingerprint density at radius 1 is 1.00 bits per heavy atom. The van der Waals surface area contributed by atoms with E-state index in [1.807, 2.05) is 48.5 Å². The Morgan fingerprint density at radius 3 is 2.62 bits per heavy atom. The van der Waals surface area contributed by atoms with Crippen LogP contribution in [0.15, 0.2) is 48.5 Å². The maximum Gasteiger partial charge on any atom is 0.231 e. The van der Waals surface area contributed by atoms with Gasteiger partial charge in [0.15, 0.2) is 17.8 Å². The van der Waals surface area contributed by atoms with Crippen molar-refractivity contribution < 1.29 is 24.4 Å². The van der Waals surface area contributed by atoms with Gasteiger partial charge in [-0.3, -0.25) is 0 Å². The summed E-state index contributed by atoms with van der Waals surface area (Å²) >= 11 is 0. The molecule has 1 saturated heterocycles. The number of hydrogen-bond acceptors (Lipinski definition) is 5. The Kier molecular flexibility index (Phi) is 3.92. The maximum absolute atomic E-state index is 11.1. The highest BCUT2D eigenvalue weighted by Gasteiger charge is 2.49. The molecule has 0 aromatic heterocycles. The van der Waals surface area contributed by atoms with Crippen molar-refractivity contribution in [2.24, 2.45) is 5.92 Å². The van der Waals surface area contributed by atoms with Crippen LogP contribution in [0.3, 0.4) is 0 Å². The van der Waals surface area contributed by atoms with Crippen LogP contribution in [0.1, 0.15) is 11.1 Å². The number of ether oxygens (including phenoxy) is 3. The average Bonchev–Trinajstić information content (AvgIpc) is 3.16. The summed E-state index contributed by atoms with van der Waals surface area (Å²) in [7, 11) is 0. The smallest absolute Gasteiger partial charge is 0.231 e. The number of rotatable bonds is 4. The van der Waals surface area contributed by atoms with Crippen LogP contribution in [0, 0.1) is 5.92 Å². The lowest BCUT2D eigenvalue weighted by Crippen LogP contribution is -2.46. The van der Waals surface area contributed by atoms with Crippen LogP contribution in [0.2, 0.25) is 0 Å². The number of benzene rings is 2.